The molecule has 0 aromatic heterocycles. The van der Waals surface area contributed by atoms with Crippen LogP contribution in [0, 0.1) is 6.92 Å². The first-order valence-electron chi connectivity index (χ1n) is 7.67. The van der Waals surface area contributed by atoms with E-state index in [1.807, 2.05) is 7.05 Å². The van der Waals surface area contributed by atoms with Crippen molar-refractivity contribution in [2.75, 3.05) is 40.8 Å². The van der Waals surface area contributed by atoms with Crippen LogP contribution in [-0.4, -0.2) is 75.2 Å². The van der Waals surface area contributed by atoms with E-state index < -0.39 is 10.0 Å². The highest BCUT2D eigenvalue weighted by Gasteiger charge is 2.27. The summed E-state index contributed by atoms with van der Waals surface area (Å²) in [7, 11) is 1.47. The van der Waals surface area contributed by atoms with Gasteiger partial charge in [-0.25, -0.2) is 12.7 Å². The average molecular weight is 339 g/mol. The van der Waals surface area contributed by atoms with Crippen LogP contribution in [-0.2, 0) is 10.0 Å². The molecule has 1 aliphatic rings. The van der Waals surface area contributed by atoms with Crippen molar-refractivity contribution in [1.29, 1.82) is 0 Å². The number of sulfonamides is 1. The fourth-order valence-corrected chi connectivity index (χ4v) is 3.77. The predicted octanol–water partition coefficient (Wildman–Crippen LogP) is 1.02. The van der Waals surface area contributed by atoms with Crippen LogP contribution in [0.5, 0.6) is 0 Å². The Morgan fingerprint density at radius 2 is 1.91 bits per heavy atom. The first-order valence-corrected chi connectivity index (χ1v) is 9.11. The Morgan fingerprint density at radius 1 is 1.26 bits per heavy atom. The molecule has 0 radical (unpaired) electrons. The number of piperazine rings is 1. The van der Waals surface area contributed by atoms with Gasteiger partial charge in [-0.05, 0) is 38.6 Å². The van der Waals surface area contributed by atoms with Gasteiger partial charge >= 0.3 is 0 Å². The molecule has 1 atom stereocenters. The lowest BCUT2D eigenvalue weighted by Crippen LogP contribution is -2.52. The SMILES string of the molecule is Cc1ccc(C(=O)N2CCN(C)C(C)C2)cc1S(=O)(=O)N(C)C. The molecule has 1 heterocycles. The van der Waals surface area contributed by atoms with E-state index in [4.69, 9.17) is 0 Å². The topological polar surface area (TPSA) is 60.9 Å². The zero-order valence-corrected chi connectivity index (χ0v) is 15.2. The number of carbonyl (C=O) groups excluding carboxylic acids is 1. The van der Waals surface area contributed by atoms with Gasteiger partial charge in [-0.15, -0.1) is 0 Å². The number of rotatable bonds is 3. The van der Waals surface area contributed by atoms with Crippen LogP contribution in [0.15, 0.2) is 23.1 Å². The Balaban J connectivity index is 2.33. The molecule has 2 rings (SSSR count). The summed E-state index contributed by atoms with van der Waals surface area (Å²) in [5, 5.41) is 0. The molecule has 0 N–H and O–H groups in total. The molecule has 1 unspecified atom stereocenters. The van der Waals surface area contributed by atoms with Crippen LogP contribution >= 0.6 is 0 Å². The quantitative estimate of drug-likeness (QED) is 0.825. The molecule has 0 spiro atoms. The third-order valence-corrected chi connectivity index (χ3v) is 6.40. The highest BCUT2D eigenvalue weighted by Crippen LogP contribution is 2.21. The highest BCUT2D eigenvalue weighted by atomic mass is 32.2. The molecule has 128 valence electrons. The average Bonchev–Trinajstić information content (AvgIpc) is 2.49. The maximum atomic E-state index is 12.7. The second-order valence-electron chi connectivity index (χ2n) is 6.35. The van der Waals surface area contributed by atoms with Gasteiger partial charge in [0.2, 0.25) is 10.0 Å². The van der Waals surface area contributed by atoms with E-state index in [2.05, 4.69) is 11.8 Å². The van der Waals surface area contributed by atoms with Crippen LogP contribution in [0.3, 0.4) is 0 Å². The van der Waals surface area contributed by atoms with Crippen LogP contribution < -0.4 is 0 Å². The standard InChI is InChI=1S/C16H25N3O3S/c1-12-6-7-14(10-15(12)23(21,22)17(3)4)16(20)19-9-8-18(5)13(2)11-19/h6-7,10,13H,8-9,11H2,1-5H3. The molecule has 1 amide bonds. The number of hydrogen-bond acceptors (Lipinski definition) is 4. The van der Waals surface area contributed by atoms with E-state index in [0.717, 1.165) is 6.54 Å². The summed E-state index contributed by atoms with van der Waals surface area (Å²) in [6, 6.07) is 5.19. The van der Waals surface area contributed by atoms with Crippen LogP contribution in [0.25, 0.3) is 0 Å². The molecule has 1 saturated heterocycles. The summed E-state index contributed by atoms with van der Waals surface area (Å²) in [6.45, 7) is 5.95. The molecule has 6 nitrogen and oxygen atoms in total. The molecule has 1 aliphatic heterocycles. The summed E-state index contributed by atoms with van der Waals surface area (Å²) in [5.74, 6) is -0.111. The summed E-state index contributed by atoms with van der Waals surface area (Å²) >= 11 is 0. The Hall–Kier alpha value is -1.44. The molecule has 0 aliphatic carbocycles. The number of nitrogens with zero attached hydrogens (tertiary/aromatic N) is 3. The molecular formula is C16H25N3O3S. The minimum atomic E-state index is -3.56. The van der Waals surface area contributed by atoms with Gasteiger partial charge in [-0.2, -0.15) is 0 Å². The maximum absolute atomic E-state index is 12.7. The van der Waals surface area contributed by atoms with E-state index in [0.29, 0.717) is 30.3 Å². The largest absolute Gasteiger partial charge is 0.336 e. The second-order valence-corrected chi connectivity index (χ2v) is 8.47. The number of hydrogen-bond donors (Lipinski definition) is 0. The van der Waals surface area contributed by atoms with Gasteiger partial charge < -0.3 is 9.80 Å². The third kappa shape index (κ3) is 3.57. The van der Waals surface area contributed by atoms with E-state index in [1.54, 1.807) is 24.0 Å². The molecule has 0 saturated carbocycles. The number of aryl methyl sites for hydroxylation is 1. The molecule has 1 aromatic rings. The fourth-order valence-electron chi connectivity index (χ4n) is 2.62. The Bertz CT molecular complexity index is 701. The van der Waals surface area contributed by atoms with Crippen molar-refractivity contribution < 1.29 is 13.2 Å². The number of benzene rings is 1. The van der Waals surface area contributed by atoms with Crippen molar-refractivity contribution in [3.8, 4) is 0 Å². The fraction of sp³-hybridized carbons (Fsp3) is 0.562. The summed E-state index contributed by atoms with van der Waals surface area (Å²) in [6.07, 6.45) is 0. The predicted molar refractivity (Wildman–Crippen MR) is 90.0 cm³/mol. The smallest absolute Gasteiger partial charge is 0.253 e. The van der Waals surface area contributed by atoms with Crippen LogP contribution in [0.2, 0.25) is 0 Å². The van der Waals surface area contributed by atoms with Gasteiger partial charge in [0, 0.05) is 45.3 Å². The van der Waals surface area contributed by atoms with Crippen LogP contribution in [0.1, 0.15) is 22.8 Å². The zero-order chi connectivity index (χ0) is 17.4. The van der Waals surface area contributed by atoms with Gasteiger partial charge in [0.1, 0.15) is 0 Å². The van der Waals surface area contributed by atoms with Crippen molar-refractivity contribution >= 4 is 15.9 Å². The van der Waals surface area contributed by atoms with Crippen LogP contribution in [0.4, 0.5) is 0 Å². The van der Waals surface area contributed by atoms with Crippen molar-refractivity contribution in [2.24, 2.45) is 0 Å². The molecular weight excluding hydrogens is 314 g/mol. The Morgan fingerprint density at radius 3 is 2.48 bits per heavy atom. The van der Waals surface area contributed by atoms with Crippen molar-refractivity contribution in [3.63, 3.8) is 0 Å². The van der Waals surface area contributed by atoms with E-state index in [1.165, 1.54) is 24.5 Å². The van der Waals surface area contributed by atoms with Gasteiger partial charge in [-0.1, -0.05) is 6.07 Å². The van der Waals surface area contributed by atoms with Gasteiger partial charge in [0.25, 0.3) is 5.91 Å². The molecule has 1 fully saturated rings. The van der Waals surface area contributed by atoms with Crippen molar-refractivity contribution in [2.45, 2.75) is 24.8 Å². The monoisotopic (exact) mass is 339 g/mol. The van der Waals surface area contributed by atoms with E-state index in [9.17, 15) is 13.2 Å². The van der Waals surface area contributed by atoms with Gasteiger partial charge in [-0.3, -0.25) is 4.79 Å². The lowest BCUT2D eigenvalue weighted by atomic mass is 10.1. The third-order valence-electron chi connectivity index (χ3n) is 4.44. The molecule has 23 heavy (non-hydrogen) atoms. The maximum Gasteiger partial charge on any atom is 0.253 e. The van der Waals surface area contributed by atoms with Crippen molar-refractivity contribution in [3.05, 3.63) is 29.3 Å². The molecule has 0 bridgehead atoms. The van der Waals surface area contributed by atoms with Gasteiger partial charge in [0.15, 0.2) is 0 Å². The van der Waals surface area contributed by atoms with Crippen molar-refractivity contribution in [1.82, 2.24) is 14.1 Å². The summed E-state index contributed by atoms with van der Waals surface area (Å²) < 4.78 is 26.0. The molecule has 1 aromatic carbocycles. The second kappa shape index (κ2) is 6.59. The first-order chi connectivity index (χ1) is 10.6. The zero-order valence-electron chi connectivity index (χ0n) is 14.4. The number of amides is 1. The highest BCUT2D eigenvalue weighted by molar-refractivity contribution is 7.89. The van der Waals surface area contributed by atoms with E-state index >= 15 is 0 Å². The lowest BCUT2D eigenvalue weighted by molar-refractivity contribution is 0.0572. The Labute approximate surface area is 138 Å². The summed E-state index contributed by atoms with van der Waals surface area (Å²) in [5.41, 5.74) is 1.06. The first kappa shape index (κ1) is 17.9. The molecule has 7 heteroatoms. The number of likely N-dealkylation sites (N-methyl/N-ethyl adjacent to an activating group) is 1. The Kier molecular flexibility index (Phi) is 5.13. The van der Waals surface area contributed by atoms with E-state index in [-0.39, 0.29) is 10.8 Å². The minimum absolute atomic E-state index is 0.111. The summed E-state index contributed by atoms with van der Waals surface area (Å²) in [4.78, 5) is 16.9. The van der Waals surface area contributed by atoms with Gasteiger partial charge in [0.05, 0.1) is 4.90 Å². The normalized spacial score (nSPS) is 20.1. The minimum Gasteiger partial charge on any atom is -0.336 e. The lowest BCUT2D eigenvalue weighted by Gasteiger charge is -2.37. The number of carbonyl (C=O) groups is 1.